The lowest BCUT2D eigenvalue weighted by molar-refractivity contribution is 0.00334. The van der Waals surface area contributed by atoms with Gasteiger partial charge >= 0.3 is 0 Å². The minimum Gasteiger partial charge on any atom is -0.491 e. The average molecular weight is 316 g/mol. The van der Waals surface area contributed by atoms with Gasteiger partial charge in [0, 0.05) is 31.5 Å². The van der Waals surface area contributed by atoms with E-state index in [1.807, 2.05) is 13.0 Å². The van der Waals surface area contributed by atoms with Crippen LogP contribution >= 0.6 is 0 Å². The van der Waals surface area contributed by atoms with E-state index in [0.717, 1.165) is 18.8 Å². The Balaban J connectivity index is 1.55. The quantitative estimate of drug-likeness (QED) is 0.921. The van der Waals surface area contributed by atoms with Crippen molar-refractivity contribution in [3.8, 4) is 5.75 Å². The Bertz CT molecular complexity index is 662. The van der Waals surface area contributed by atoms with E-state index in [9.17, 15) is 9.50 Å². The molecular formula is C18H21FN2O2. The number of ether oxygens (including phenoxy) is 1. The highest BCUT2D eigenvalue weighted by molar-refractivity contribution is 5.22. The van der Waals surface area contributed by atoms with Crippen LogP contribution in [0, 0.1) is 12.7 Å². The number of β-amino-alcohol motifs (C(OH)–C–C–N with tert-alkyl or cyclic N) is 1. The zero-order valence-electron chi connectivity index (χ0n) is 13.2. The van der Waals surface area contributed by atoms with E-state index in [1.54, 1.807) is 18.3 Å². The fourth-order valence-electron chi connectivity index (χ4n) is 2.87. The third-order valence-electron chi connectivity index (χ3n) is 4.24. The molecule has 2 aromatic rings. The predicted molar refractivity (Wildman–Crippen MR) is 85.7 cm³/mol. The molecular weight excluding hydrogens is 295 g/mol. The number of nitrogens with zero attached hydrogens (tertiary/aromatic N) is 2. The second-order valence-corrected chi connectivity index (χ2v) is 6.18. The van der Waals surface area contributed by atoms with Gasteiger partial charge < -0.3 is 9.84 Å². The molecule has 0 aliphatic carbocycles. The van der Waals surface area contributed by atoms with E-state index in [1.165, 1.54) is 17.7 Å². The summed E-state index contributed by atoms with van der Waals surface area (Å²) in [6, 6.07) is 9.85. The molecule has 0 saturated carbocycles. The number of aromatic nitrogens is 1. The molecule has 3 rings (SSSR count). The number of benzene rings is 1. The normalized spacial score (nSPS) is 21.5. The van der Waals surface area contributed by atoms with Gasteiger partial charge in [-0.05, 0) is 49.2 Å². The van der Waals surface area contributed by atoms with E-state index in [0.29, 0.717) is 18.7 Å². The van der Waals surface area contributed by atoms with Crippen molar-refractivity contribution in [3.05, 3.63) is 59.7 Å². The Morgan fingerprint density at radius 2 is 2.09 bits per heavy atom. The van der Waals surface area contributed by atoms with Crippen LogP contribution in [-0.2, 0) is 6.54 Å². The first-order valence-electron chi connectivity index (χ1n) is 7.78. The number of pyridine rings is 1. The summed E-state index contributed by atoms with van der Waals surface area (Å²) in [5.41, 5.74) is 1.33. The van der Waals surface area contributed by atoms with Gasteiger partial charge in [0.15, 0.2) is 0 Å². The zero-order chi connectivity index (χ0) is 16.3. The predicted octanol–water partition coefficient (Wildman–Crippen LogP) is 2.54. The lowest BCUT2D eigenvalue weighted by Crippen LogP contribution is -2.39. The molecule has 122 valence electrons. The van der Waals surface area contributed by atoms with Gasteiger partial charge in [-0.15, -0.1) is 0 Å². The van der Waals surface area contributed by atoms with Crippen molar-refractivity contribution in [1.82, 2.24) is 9.88 Å². The Hall–Kier alpha value is -1.98. The highest BCUT2D eigenvalue weighted by atomic mass is 19.1. The first-order valence-corrected chi connectivity index (χ1v) is 7.78. The Morgan fingerprint density at radius 1 is 1.30 bits per heavy atom. The van der Waals surface area contributed by atoms with Crippen molar-refractivity contribution in [2.24, 2.45) is 0 Å². The van der Waals surface area contributed by atoms with Crippen molar-refractivity contribution in [1.29, 1.82) is 0 Å². The molecule has 1 aliphatic rings. The van der Waals surface area contributed by atoms with Crippen LogP contribution in [0.1, 0.15) is 17.7 Å². The standard InChI is InChI=1S/C18H21FN2O2/c1-14-15(3-2-9-20-14)11-21-10-8-18(22,12-21)13-23-17-6-4-16(19)5-7-17/h2-7,9,22H,8,10-13H2,1H3/t18-/m0/s1. The summed E-state index contributed by atoms with van der Waals surface area (Å²) in [6.07, 6.45) is 2.45. The maximum Gasteiger partial charge on any atom is 0.123 e. The third-order valence-corrected chi connectivity index (χ3v) is 4.24. The first kappa shape index (κ1) is 15.9. The van der Waals surface area contributed by atoms with Crippen molar-refractivity contribution in [2.45, 2.75) is 25.5 Å². The maximum atomic E-state index is 12.9. The molecule has 0 bridgehead atoms. The van der Waals surface area contributed by atoms with E-state index in [2.05, 4.69) is 16.0 Å². The molecule has 23 heavy (non-hydrogen) atoms. The molecule has 0 unspecified atom stereocenters. The van der Waals surface area contributed by atoms with Gasteiger partial charge in [0.2, 0.25) is 0 Å². The third kappa shape index (κ3) is 4.06. The van der Waals surface area contributed by atoms with Gasteiger partial charge in [-0.2, -0.15) is 0 Å². The van der Waals surface area contributed by atoms with Crippen molar-refractivity contribution >= 4 is 0 Å². The van der Waals surface area contributed by atoms with E-state index >= 15 is 0 Å². The second kappa shape index (κ2) is 6.64. The van der Waals surface area contributed by atoms with Gasteiger partial charge in [0.1, 0.15) is 23.8 Å². The largest absolute Gasteiger partial charge is 0.491 e. The lowest BCUT2D eigenvalue weighted by Gasteiger charge is -2.24. The fourth-order valence-corrected chi connectivity index (χ4v) is 2.87. The summed E-state index contributed by atoms with van der Waals surface area (Å²) in [5.74, 6) is 0.274. The molecule has 4 nitrogen and oxygen atoms in total. The highest BCUT2D eigenvalue weighted by Gasteiger charge is 2.36. The second-order valence-electron chi connectivity index (χ2n) is 6.18. The van der Waals surface area contributed by atoms with Gasteiger partial charge in [-0.3, -0.25) is 9.88 Å². The van der Waals surface area contributed by atoms with Crippen LogP contribution in [0.2, 0.25) is 0 Å². The van der Waals surface area contributed by atoms with Gasteiger partial charge in [-0.25, -0.2) is 4.39 Å². The van der Waals surface area contributed by atoms with Gasteiger partial charge in [0.05, 0.1) is 0 Å². The molecule has 1 saturated heterocycles. The summed E-state index contributed by atoms with van der Waals surface area (Å²) >= 11 is 0. The smallest absolute Gasteiger partial charge is 0.123 e. The van der Waals surface area contributed by atoms with E-state index in [4.69, 9.17) is 4.74 Å². The summed E-state index contributed by atoms with van der Waals surface area (Å²) < 4.78 is 18.5. The molecule has 1 aromatic heterocycles. The average Bonchev–Trinajstić information content (AvgIpc) is 2.91. The number of hydrogen-bond acceptors (Lipinski definition) is 4. The molecule has 2 heterocycles. The molecule has 1 atom stereocenters. The summed E-state index contributed by atoms with van der Waals surface area (Å²) in [4.78, 5) is 6.50. The number of aryl methyl sites for hydroxylation is 1. The van der Waals surface area contributed by atoms with Crippen LogP contribution < -0.4 is 4.74 Å². The molecule has 0 spiro atoms. The molecule has 0 amide bonds. The van der Waals surface area contributed by atoms with Crippen molar-refractivity contribution < 1.29 is 14.2 Å². The Kier molecular flexibility index (Phi) is 4.59. The Labute approximate surface area is 135 Å². The minimum atomic E-state index is -0.871. The zero-order valence-corrected chi connectivity index (χ0v) is 13.2. The molecule has 0 radical (unpaired) electrons. The van der Waals surface area contributed by atoms with Crippen LogP contribution in [-0.4, -0.2) is 40.3 Å². The molecule has 1 aromatic carbocycles. The minimum absolute atomic E-state index is 0.209. The summed E-state index contributed by atoms with van der Waals surface area (Å²) in [7, 11) is 0. The monoisotopic (exact) mass is 316 g/mol. The van der Waals surface area contributed by atoms with Crippen molar-refractivity contribution in [2.75, 3.05) is 19.7 Å². The van der Waals surface area contributed by atoms with Crippen LogP contribution in [0.25, 0.3) is 0 Å². The SMILES string of the molecule is Cc1ncccc1CN1CC[C@@](O)(COc2ccc(F)cc2)C1. The fraction of sp³-hybridized carbons (Fsp3) is 0.389. The van der Waals surface area contributed by atoms with Crippen LogP contribution in [0.3, 0.4) is 0 Å². The number of halogens is 1. The van der Waals surface area contributed by atoms with Gasteiger partial charge in [0.25, 0.3) is 0 Å². The first-order chi connectivity index (χ1) is 11.0. The number of hydrogen-bond donors (Lipinski definition) is 1. The molecule has 1 fully saturated rings. The molecule has 1 N–H and O–H groups in total. The van der Waals surface area contributed by atoms with Crippen LogP contribution in [0.15, 0.2) is 42.6 Å². The van der Waals surface area contributed by atoms with E-state index in [-0.39, 0.29) is 12.4 Å². The molecule has 1 aliphatic heterocycles. The number of aliphatic hydroxyl groups is 1. The van der Waals surface area contributed by atoms with E-state index < -0.39 is 5.60 Å². The molecule has 5 heteroatoms. The maximum absolute atomic E-state index is 12.9. The van der Waals surface area contributed by atoms with Gasteiger partial charge in [-0.1, -0.05) is 6.07 Å². The number of rotatable bonds is 5. The highest BCUT2D eigenvalue weighted by Crippen LogP contribution is 2.25. The van der Waals surface area contributed by atoms with Crippen molar-refractivity contribution in [3.63, 3.8) is 0 Å². The lowest BCUT2D eigenvalue weighted by atomic mass is 10.1. The topological polar surface area (TPSA) is 45.6 Å². The summed E-state index contributed by atoms with van der Waals surface area (Å²) in [6.45, 7) is 4.36. The Morgan fingerprint density at radius 3 is 2.83 bits per heavy atom. The van der Waals surface area contributed by atoms with Crippen LogP contribution in [0.4, 0.5) is 4.39 Å². The number of likely N-dealkylation sites (tertiary alicyclic amines) is 1. The van der Waals surface area contributed by atoms with Crippen LogP contribution in [0.5, 0.6) is 5.75 Å². The summed E-state index contributed by atoms with van der Waals surface area (Å²) in [5, 5.41) is 10.7.